The SMILES string of the molecule is COc1ccc(CNCCCSC)c(OCC(O)CN2CCCC2)c1. The Morgan fingerprint density at radius 3 is 2.84 bits per heavy atom. The Balaban J connectivity index is 1.84. The summed E-state index contributed by atoms with van der Waals surface area (Å²) in [7, 11) is 1.65. The molecule has 1 aromatic rings. The molecular formula is C19H32N2O3S. The van der Waals surface area contributed by atoms with E-state index in [0.717, 1.165) is 49.7 Å². The highest BCUT2D eigenvalue weighted by molar-refractivity contribution is 7.98. The second-order valence-electron chi connectivity index (χ2n) is 6.47. The topological polar surface area (TPSA) is 54.0 Å². The Kier molecular flexibility index (Phi) is 9.47. The second kappa shape index (κ2) is 11.6. The normalized spacial score (nSPS) is 16.1. The van der Waals surface area contributed by atoms with Crippen LogP contribution in [0.2, 0.25) is 0 Å². The van der Waals surface area contributed by atoms with E-state index in [0.29, 0.717) is 13.2 Å². The zero-order valence-electron chi connectivity index (χ0n) is 15.5. The van der Waals surface area contributed by atoms with Crippen molar-refractivity contribution >= 4 is 11.8 Å². The van der Waals surface area contributed by atoms with Crippen molar-refractivity contribution < 1.29 is 14.6 Å². The van der Waals surface area contributed by atoms with E-state index in [1.54, 1.807) is 7.11 Å². The van der Waals surface area contributed by atoms with E-state index < -0.39 is 6.10 Å². The zero-order chi connectivity index (χ0) is 17.9. The molecule has 6 heteroatoms. The molecule has 0 amide bonds. The lowest BCUT2D eigenvalue weighted by atomic mass is 10.2. The molecular weight excluding hydrogens is 336 g/mol. The van der Waals surface area contributed by atoms with Gasteiger partial charge >= 0.3 is 0 Å². The maximum Gasteiger partial charge on any atom is 0.127 e. The highest BCUT2D eigenvalue weighted by Crippen LogP contribution is 2.25. The molecule has 1 fully saturated rings. The van der Waals surface area contributed by atoms with Crippen LogP contribution in [0.15, 0.2) is 18.2 Å². The molecule has 2 rings (SSSR count). The first-order valence-corrected chi connectivity index (χ1v) is 10.5. The van der Waals surface area contributed by atoms with E-state index in [1.807, 2.05) is 30.0 Å². The van der Waals surface area contributed by atoms with E-state index >= 15 is 0 Å². The molecule has 1 atom stereocenters. The molecule has 0 aromatic heterocycles. The molecule has 1 heterocycles. The van der Waals surface area contributed by atoms with E-state index in [-0.39, 0.29) is 0 Å². The van der Waals surface area contributed by atoms with Crippen molar-refractivity contribution in [3.63, 3.8) is 0 Å². The van der Waals surface area contributed by atoms with Gasteiger partial charge in [0.2, 0.25) is 0 Å². The Morgan fingerprint density at radius 2 is 2.12 bits per heavy atom. The lowest BCUT2D eigenvalue weighted by Gasteiger charge is -2.20. The van der Waals surface area contributed by atoms with Gasteiger partial charge in [-0.1, -0.05) is 6.07 Å². The smallest absolute Gasteiger partial charge is 0.127 e. The summed E-state index contributed by atoms with van der Waals surface area (Å²) < 4.78 is 11.2. The number of methoxy groups -OCH3 is 1. The number of ether oxygens (including phenoxy) is 2. The van der Waals surface area contributed by atoms with E-state index in [4.69, 9.17) is 9.47 Å². The molecule has 0 aliphatic carbocycles. The van der Waals surface area contributed by atoms with Gasteiger partial charge in [-0.25, -0.2) is 0 Å². The van der Waals surface area contributed by atoms with Crippen molar-refractivity contribution in [3.05, 3.63) is 23.8 Å². The minimum absolute atomic E-state index is 0.309. The molecule has 25 heavy (non-hydrogen) atoms. The third kappa shape index (κ3) is 7.44. The van der Waals surface area contributed by atoms with Crippen LogP contribution in [0.4, 0.5) is 0 Å². The summed E-state index contributed by atoms with van der Waals surface area (Å²) in [6.45, 7) is 4.91. The highest BCUT2D eigenvalue weighted by Gasteiger charge is 2.16. The van der Waals surface area contributed by atoms with E-state index in [2.05, 4.69) is 16.5 Å². The van der Waals surface area contributed by atoms with E-state index in [1.165, 1.54) is 18.6 Å². The molecule has 5 nitrogen and oxygen atoms in total. The van der Waals surface area contributed by atoms with Crippen molar-refractivity contribution in [2.75, 3.05) is 51.9 Å². The second-order valence-corrected chi connectivity index (χ2v) is 7.45. The van der Waals surface area contributed by atoms with Crippen molar-refractivity contribution in [2.24, 2.45) is 0 Å². The first-order chi connectivity index (χ1) is 12.2. The summed E-state index contributed by atoms with van der Waals surface area (Å²) in [5, 5.41) is 13.7. The largest absolute Gasteiger partial charge is 0.497 e. The predicted molar refractivity (Wildman–Crippen MR) is 105 cm³/mol. The standard InChI is InChI=1S/C19H32N2O3S/c1-23-18-7-6-16(13-20-8-5-11-25-2)19(12-18)24-15-17(22)14-21-9-3-4-10-21/h6-7,12,17,20,22H,3-5,8-11,13-15H2,1-2H3. The van der Waals surface area contributed by atoms with Gasteiger partial charge in [-0.05, 0) is 57.0 Å². The van der Waals surface area contributed by atoms with Gasteiger partial charge in [0.25, 0.3) is 0 Å². The van der Waals surface area contributed by atoms with Crippen molar-refractivity contribution in [2.45, 2.75) is 31.9 Å². The number of benzene rings is 1. The fourth-order valence-corrected chi connectivity index (χ4v) is 3.44. The van der Waals surface area contributed by atoms with Crippen LogP contribution in [0, 0.1) is 0 Å². The van der Waals surface area contributed by atoms with Crippen LogP contribution < -0.4 is 14.8 Å². The number of hydrogen-bond acceptors (Lipinski definition) is 6. The Hall–Kier alpha value is -0.950. The number of aliphatic hydroxyl groups excluding tert-OH is 1. The summed E-state index contributed by atoms with van der Waals surface area (Å²) >= 11 is 1.87. The molecule has 1 aromatic carbocycles. The number of hydrogen-bond donors (Lipinski definition) is 2. The Bertz CT molecular complexity index is 496. The van der Waals surface area contributed by atoms with Crippen LogP contribution in [0.5, 0.6) is 11.5 Å². The molecule has 1 unspecified atom stereocenters. The number of likely N-dealkylation sites (tertiary alicyclic amines) is 1. The molecule has 0 bridgehead atoms. The third-order valence-electron chi connectivity index (χ3n) is 4.39. The maximum absolute atomic E-state index is 10.2. The van der Waals surface area contributed by atoms with Gasteiger partial charge in [-0.15, -0.1) is 0 Å². The summed E-state index contributed by atoms with van der Waals surface area (Å²) in [6, 6.07) is 5.89. The Morgan fingerprint density at radius 1 is 1.32 bits per heavy atom. The number of β-amino-alcohol motifs (C(OH)–C–C–N with tert-alkyl or cyclic N) is 1. The summed E-state index contributed by atoms with van der Waals surface area (Å²) in [5.74, 6) is 2.73. The molecule has 0 spiro atoms. The van der Waals surface area contributed by atoms with Gasteiger partial charge in [0.15, 0.2) is 0 Å². The van der Waals surface area contributed by atoms with Crippen molar-refractivity contribution in [1.29, 1.82) is 0 Å². The van der Waals surface area contributed by atoms with Crippen molar-refractivity contribution in [1.82, 2.24) is 10.2 Å². The van der Waals surface area contributed by atoms with Gasteiger partial charge in [0, 0.05) is 24.7 Å². The summed E-state index contributed by atoms with van der Waals surface area (Å²) in [6.07, 6.45) is 5.28. The monoisotopic (exact) mass is 368 g/mol. The first-order valence-electron chi connectivity index (χ1n) is 9.12. The van der Waals surface area contributed by atoms with Gasteiger partial charge in [-0.2, -0.15) is 11.8 Å². The van der Waals surface area contributed by atoms with Crippen LogP contribution in [-0.2, 0) is 6.54 Å². The average molecular weight is 369 g/mol. The fourth-order valence-electron chi connectivity index (χ4n) is 3.01. The van der Waals surface area contributed by atoms with Gasteiger partial charge in [0.1, 0.15) is 24.2 Å². The minimum atomic E-state index is -0.466. The van der Waals surface area contributed by atoms with Gasteiger partial charge in [-0.3, -0.25) is 0 Å². The van der Waals surface area contributed by atoms with Crippen molar-refractivity contribution in [3.8, 4) is 11.5 Å². The number of nitrogens with one attached hydrogen (secondary N) is 1. The highest BCUT2D eigenvalue weighted by atomic mass is 32.2. The third-order valence-corrected chi connectivity index (χ3v) is 5.09. The Labute approximate surface area is 156 Å². The molecule has 1 aliphatic heterocycles. The number of aliphatic hydroxyl groups is 1. The van der Waals surface area contributed by atoms with Crippen LogP contribution in [0.1, 0.15) is 24.8 Å². The van der Waals surface area contributed by atoms with Gasteiger partial charge < -0.3 is 24.8 Å². The fraction of sp³-hybridized carbons (Fsp3) is 0.684. The van der Waals surface area contributed by atoms with Crippen LogP contribution in [-0.4, -0.2) is 68.0 Å². The predicted octanol–water partition coefficient (Wildman–Crippen LogP) is 2.37. The molecule has 1 aliphatic rings. The lowest BCUT2D eigenvalue weighted by Crippen LogP contribution is -2.33. The van der Waals surface area contributed by atoms with E-state index in [9.17, 15) is 5.11 Å². The number of nitrogens with zero attached hydrogens (tertiary/aromatic N) is 1. The van der Waals surface area contributed by atoms with Crippen LogP contribution in [0.25, 0.3) is 0 Å². The van der Waals surface area contributed by atoms with Gasteiger partial charge in [0.05, 0.1) is 7.11 Å². The maximum atomic E-state index is 10.2. The van der Waals surface area contributed by atoms with Crippen LogP contribution >= 0.6 is 11.8 Å². The first kappa shape index (κ1) is 20.4. The number of thioether (sulfide) groups is 1. The van der Waals surface area contributed by atoms with Crippen LogP contribution in [0.3, 0.4) is 0 Å². The molecule has 0 radical (unpaired) electrons. The molecule has 1 saturated heterocycles. The zero-order valence-corrected chi connectivity index (χ0v) is 16.3. The quantitative estimate of drug-likeness (QED) is 0.553. The molecule has 0 saturated carbocycles. The summed E-state index contributed by atoms with van der Waals surface area (Å²) in [5.41, 5.74) is 1.10. The molecule has 2 N–H and O–H groups in total. The summed E-state index contributed by atoms with van der Waals surface area (Å²) in [4.78, 5) is 2.30. The average Bonchev–Trinajstić information content (AvgIpc) is 3.13. The molecule has 142 valence electrons. The lowest BCUT2D eigenvalue weighted by molar-refractivity contribution is 0.0753. The number of rotatable bonds is 12. The minimum Gasteiger partial charge on any atom is -0.497 e.